The van der Waals surface area contributed by atoms with Crippen LogP contribution in [0.1, 0.15) is 22.7 Å². The molecule has 1 aliphatic heterocycles. The molecule has 144 valence electrons. The van der Waals surface area contributed by atoms with Gasteiger partial charge in [0.1, 0.15) is 0 Å². The molecule has 1 atom stereocenters. The van der Waals surface area contributed by atoms with Crippen molar-refractivity contribution in [1.82, 2.24) is 10.6 Å². The third-order valence-electron chi connectivity index (χ3n) is 4.82. The fourth-order valence-electron chi connectivity index (χ4n) is 3.37. The molecule has 0 radical (unpaired) electrons. The predicted octanol–water partition coefficient (Wildman–Crippen LogP) is 4.56. The molecule has 0 aromatic heterocycles. The van der Waals surface area contributed by atoms with E-state index in [1.54, 1.807) is 0 Å². The molecule has 3 aromatic rings. The monoisotopic (exact) mass is 399 g/mol. The number of hydrogen-bond donors (Lipinski definition) is 3. The molecule has 5 heteroatoms. The Kier molecular flexibility index (Phi) is 5.40. The molecule has 1 amide bonds. The highest BCUT2D eigenvalue weighted by Gasteiger charge is 2.32. The van der Waals surface area contributed by atoms with E-state index >= 15 is 0 Å². The zero-order valence-corrected chi connectivity index (χ0v) is 16.8. The number of carbonyl (C=O) groups excluding carboxylic acids is 1. The van der Waals surface area contributed by atoms with Crippen LogP contribution in [0.15, 0.2) is 90.5 Å². The van der Waals surface area contributed by atoms with Crippen molar-refractivity contribution in [3.63, 3.8) is 0 Å². The maximum absolute atomic E-state index is 13.4. The van der Waals surface area contributed by atoms with Crippen LogP contribution >= 0.6 is 12.2 Å². The molecule has 0 saturated heterocycles. The van der Waals surface area contributed by atoms with Gasteiger partial charge in [-0.25, -0.2) is 0 Å². The summed E-state index contributed by atoms with van der Waals surface area (Å²) in [6, 6.07) is 27.0. The lowest BCUT2D eigenvalue weighted by Gasteiger charge is -2.31. The summed E-state index contributed by atoms with van der Waals surface area (Å²) in [5, 5.41) is 9.98. The first-order valence-electron chi connectivity index (χ1n) is 9.42. The van der Waals surface area contributed by atoms with Crippen molar-refractivity contribution in [2.45, 2.75) is 13.0 Å². The number of amides is 1. The standard InChI is InChI=1S/C24H21N3OS/c1-16-12-14-19(15-13-16)25-23(28)20-21(17-8-4-2-5-9-17)26-24(29)27-22(20)18-10-6-3-7-11-18/h2-15,21H,1H3,(H,25,28)(H2,26,27,29)/t21-/m1/s1. The zero-order valence-electron chi connectivity index (χ0n) is 16.0. The minimum atomic E-state index is -0.356. The molecule has 0 spiro atoms. The van der Waals surface area contributed by atoms with E-state index in [0.717, 1.165) is 22.4 Å². The summed E-state index contributed by atoms with van der Waals surface area (Å²) in [5.74, 6) is -0.177. The Morgan fingerprint density at radius 3 is 2.17 bits per heavy atom. The molecule has 0 fully saturated rings. The molecule has 29 heavy (non-hydrogen) atoms. The van der Waals surface area contributed by atoms with E-state index in [2.05, 4.69) is 16.0 Å². The van der Waals surface area contributed by atoms with E-state index in [9.17, 15) is 4.79 Å². The van der Waals surface area contributed by atoms with E-state index in [1.165, 1.54) is 0 Å². The van der Waals surface area contributed by atoms with Gasteiger partial charge in [0.15, 0.2) is 5.11 Å². The summed E-state index contributed by atoms with van der Waals surface area (Å²) in [6.07, 6.45) is 0. The van der Waals surface area contributed by atoms with Crippen LogP contribution in [0.3, 0.4) is 0 Å². The van der Waals surface area contributed by atoms with Crippen LogP contribution < -0.4 is 16.0 Å². The first-order chi connectivity index (χ1) is 14.1. The van der Waals surface area contributed by atoms with Gasteiger partial charge in [-0.3, -0.25) is 4.79 Å². The van der Waals surface area contributed by atoms with Crippen molar-refractivity contribution in [2.75, 3.05) is 5.32 Å². The predicted molar refractivity (Wildman–Crippen MR) is 121 cm³/mol. The lowest BCUT2D eigenvalue weighted by Crippen LogP contribution is -2.45. The topological polar surface area (TPSA) is 53.2 Å². The van der Waals surface area contributed by atoms with Crippen molar-refractivity contribution in [1.29, 1.82) is 0 Å². The second-order valence-corrected chi connectivity index (χ2v) is 7.33. The maximum Gasteiger partial charge on any atom is 0.256 e. The quantitative estimate of drug-likeness (QED) is 0.563. The third-order valence-corrected chi connectivity index (χ3v) is 5.04. The van der Waals surface area contributed by atoms with Gasteiger partial charge in [0.25, 0.3) is 5.91 Å². The van der Waals surface area contributed by atoms with Crippen molar-refractivity contribution in [3.8, 4) is 0 Å². The van der Waals surface area contributed by atoms with Crippen molar-refractivity contribution < 1.29 is 4.79 Å². The molecule has 1 aliphatic rings. The van der Waals surface area contributed by atoms with Gasteiger partial charge in [0.05, 0.1) is 17.3 Å². The van der Waals surface area contributed by atoms with Gasteiger partial charge in [-0.05, 0) is 42.4 Å². The van der Waals surface area contributed by atoms with Crippen LogP contribution in [0.2, 0.25) is 0 Å². The van der Waals surface area contributed by atoms with E-state index in [0.29, 0.717) is 16.4 Å². The zero-order chi connectivity index (χ0) is 20.2. The summed E-state index contributed by atoms with van der Waals surface area (Å²) in [5.41, 5.74) is 5.08. The molecule has 4 nitrogen and oxygen atoms in total. The Labute approximate surface area is 175 Å². The fourth-order valence-corrected chi connectivity index (χ4v) is 3.59. The second kappa shape index (κ2) is 8.29. The lowest BCUT2D eigenvalue weighted by molar-refractivity contribution is -0.113. The molecule has 4 rings (SSSR count). The van der Waals surface area contributed by atoms with E-state index in [4.69, 9.17) is 12.2 Å². The number of aryl methyl sites for hydroxylation is 1. The van der Waals surface area contributed by atoms with Crippen LogP contribution in [0.25, 0.3) is 5.70 Å². The SMILES string of the molecule is Cc1ccc(NC(=O)C2=C(c3ccccc3)NC(=S)N[C@@H]2c2ccccc2)cc1. The van der Waals surface area contributed by atoms with Crippen LogP contribution in [-0.4, -0.2) is 11.0 Å². The highest BCUT2D eigenvalue weighted by molar-refractivity contribution is 7.80. The van der Waals surface area contributed by atoms with Crippen molar-refractivity contribution in [2.24, 2.45) is 0 Å². The van der Waals surface area contributed by atoms with Crippen LogP contribution in [-0.2, 0) is 4.79 Å². The van der Waals surface area contributed by atoms with Gasteiger partial charge in [0, 0.05) is 5.69 Å². The Hall–Kier alpha value is -3.44. The summed E-state index contributed by atoms with van der Waals surface area (Å²) in [6.45, 7) is 2.02. The molecule has 0 unspecified atom stereocenters. The number of hydrogen-bond acceptors (Lipinski definition) is 2. The van der Waals surface area contributed by atoms with E-state index in [1.807, 2.05) is 91.9 Å². The first-order valence-corrected chi connectivity index (χ1v) is 9.83. The molecular formula is C24H21N3OS. The van der Waals surface area contributed by atoms with E-state index < -0.39 is 0 Å². The number of anilines is 1. The van der Waals surface area contributed by atoms with Gasteiger partial charge in [-0.15, -0.1) is 0 Å². The molecular weight excluding hydrogens is 378 g/mol. The fraction of sp³-hybridized carbons (Fsp3) is 0.0833. The lowest BCUT2D eigenvalue weighted by atomic mass is 9.92. The van der Waals surface area contributed by atoms with Gasteiger partial charge < -0.3 is 16.0 Å². The largest absolute Gasteiger partial charge is 0.351 e. The van der Waals surface area contributed by atoms with Crippen LogP contribution in [0, 0.1) is 6.92 Å². The molecule has 0 bridgehead atoms. The number of nitrogens with one attached hydrogen (secondary N) is 3. The van der Waals surface area contributed by atoms with Gasteiger partial charge in [-0.2, -0.15) is 0 Å². The number of carbonyl (C=O) groups is 1. The summed E-state index contributed by atoms with van der Waals surface area (Å²) in [4.78, 5) is 13.4. The summed E-state index contributed by atoms with van der Waals surface area (Å²) < 4.78 is 0. The van der Waals surface area contributed by atoms with Crippen LogP contribution in [0.4, 0.5) is 5.69 Å². The number of thiocarbonyl (C=S) groups is 1. The molecule has 1 heterocycles. The van der Waals surface area contributed by atoms with Crippen molar-refractivity contribution in [3.05, 3.63) is 107 Å². The summed E-state index contributed by atoms with van der Waals surface area (Å²) >= 11 is 5.46. The average Bonchev–Trinajstić information content (AvgIpc) is 2.76. The Bertz CT molecular complexity index is 1060. The number of rotatable bonds is 4. The first kappa shape index (κ1) is 18.9. The Balaban J connectivity index is 1.81. The van der Waals surface area contributed by atoms with Gasteiger partial charge >= 0.3 is 0 Å². The van der Waals surface area contributed by atoms with Crippen molar-refractivity contribution >= 4 is 34.6 Å². The highest BCUT2D eigenvalue weighted by atomic mass is 32.1. The second-order valence-electron chi connectivity index (χ2n) is 6.92. The van der Waals surface area contributed by atoms with Gasteiger partial charge in [-0.1, -0.05) is 78.4 Å². The van der Waals surface area contributed by atoms with Gasteiger partial charge in [0.2, 0.25) is 0 Å². The minimum absolute atomic E-state index is 0.177. The van der Waals surface area contributed by atoms with E-state index in [-0.39, 0.29) is 11.9 Å². The molecule has 0 saturated carbocycles. The normalized spacial score (nSPS) is 16.0. The molecule has 3 N–H and O–H groups in total. The third kappa shape index (κ3) is 4.20. The molecule has 0 aliphatic carbocycles. The highest BCUT2D eigenvalue weighted by Crippen LogP contribution is 2.32. The molecule has 3 aromatic carbocycles. The Morgan fingerprint density at radius 1 is 0.897 bits per heavy atom. The average molecular weight is 400 g/mol. The van der Waals surface area contributed by atoms with Crippen LogP contribution in [0.5, 0.6) is 0 Å². The Morgan fingerprint density at radius 2 is 1.52 bits per heavy atom. The summed E-state index contributed by atoms with van der Waals surface area (Å²) in [7, 11) is 0. The number of benzene rings is 3. The minimum Gasteiger partial charge on any atom is -0.351 e. The smallest absolute Gasteiger partial charge is 0.256 e. The maximum atomic E-state index is 13.4.